The summed E-state index contributed by atoms with van der Waals surface area (Å²) < 4.78 is 29.5. The summed E-state index contributed by atoms with van der Waals surface area (Å²) in [6.45, 7) is 6.11. The molecule has 1 saturated heterocycles. The van der Waals surface area contributed by atoms with Gasteiger partial charge in [-0.15, -0.1) is 0 Å². The average molecular weight is 323 g/mol. The number of benzene rings is 1. The predicted octanol–water partition coefficient (Wildman–Crippen LogP) is 2.91. The zero-order chi connectivity index (χ0) is 16.1. The number of nitrogens with zero attached hydrogens (tertiary/aromatic N) is 1. The lowest BCUT2D eigenvalue weighted by Gasteiger charge is -2.41. The molecule has 0 N–H and O–H groups in total. The first kappa shape index (κ1) is 16.5. The molecule has 0 aliphatic carbocycles. The zero-order valence-electron chi connectivity index (χ0n) is 13.8. The largest absolute Gasteiger partial charge is 0.486 e. The molecule has 1 fully saturated rings. The number of piperidine rings is 1. The SMILES string of the molecule is C[C@]1(COCCF)CCCN(C[C@H]2COc3ccccc3O2)C1. The van der Waals surface area contributed by atoms with Gasteiger partial charge in [0.2, 0.25) is 0 Å². The van der Waals surface area contributed by atoms with Crippen LogP contribution >= 0.6 is 0 Å². The lowest BCUT2D eigenvalue weighted by molar-refractivity contribution is -0.0170. The molecule has 3 rings (SSSR count). The Hall–Kier alpha value is -1.33. The summed E-state index contributed by atoms with van der Waals surface area (Å²) in [5.74, 6) is 1.65. The van der Waals surface area contributed by atoms with Crippen molar-refractivity contribution in [3.8, 4) is 11.5 Å². The maximum Gasteiger partial charge on any atom is 0.161 e. The number of rotatable bonds is 6. The molecule has 0 aromatic heterocycles. The molecule has 0 amide bonds. The Labute approximate surface area is 137 Å². The van der Waals surface area contributed by atoms with Crippen LogP contribution < -0.4 is 9.47 Å². The summed E-state index contributed by atoms with van der Waals surface area (Å²) in [6, 6.07) is 7.80. The Morgan fingerprint density at radius 1 is 1.35 bits per heavy atom. The number of para-hydroxylation sites is 2. The summed E-state index contributed by atoms with van der Waals surface area (Å²) in [4.78, 5) is 2.42. The Morgan fingerprint density at radius 3 is 3.00 bits per heavy atom. The van der Waals surface area contributed by atoms with Gasteiger partial charge < -0.3 is 14.2 Å². The molecule has 0 unspecified atom stereocenters. The number of fused-ring (bicyclic) bond motifs is 1. The van der Waals surface area contributed by atoms with E-state index in [1.165, 1.54) is 0 Å². The molecular formula is C18H26FNO3. The van der Waals surface area contributed by atoms with Gasteiger partial charge in [0.15, 0.2) is 11.5 Å². The van der Waals surface area contributed by atoms with Gasteiger partial charge in [-0.05, 0) is 31.5 Å². The van der Waals surface area contributed by atoms with Crippen LogP contribution in [0.5, 0.6) is 11.5 Å². The Morgan fingerprint density at radius 2 is 2.17 bits per heavy atom. The van der Waals surface area contributed by atoms with Crippen molar-refractivity contribution in [2.45, 2.75) is 25.9 Å². The summed E-state index contributed by atoms with van der Waals surface area (Å²) in [5, 5.41) is 0. The van der Waals surface area contributed by atoms with Crippen molar-refractivity contribution in [1.29, 1.82) is 0 Å². The molecule has 2 heterocycles. The topological polar surface area (TPSA) is 30.9 Å². The highest BCUT2D eigenvalue weighted by Crippen LogP contribution is 2.33. The van der Waals surface area contributed by atoms with Gasteiger partial charge in [0.25, 0.3) is 0 Å². The molecular weight excluding hydrogens is 297 g/mol. The number of alkyl halides is 1. The van der Waals surface area contributed by atoms with Crippen LogP contribution in [0.15, 0.2) is 24.3 Å². The van der Waals surface area contributed by atoms with Crippen molar-refractivity contribution in [3.63, 3.8) is 0 Å². The van der Waals surface area contributed by atoms with E-state index >= 15 is 0 Å². The summed E-state index contributed by atoms with van der Waals surface area (Å²) in [6.07, 6.45) is 2.32. The van der Waals surface area contributed by atoms with E-state index in [-0.39, 0.29) is 18.1 Å². The highest BCUT2D eigenvalue weighted by molar-refractivity contribution is 5.40. The predicted molar refractivity (Wildman–Crippen MR) is 86.9 cm³/mol. The zero-order valence-corrected chi connectivity index (χ0v) is 13.8. The fraction of sp³-hybridized carbons (Fsp3) is 0.667. The van der Waals surface area contributed by atoms with Crippen LogP contribution in [0.25, 0.3) is 0 Å². The number of ether oxygens (including phenoxy) is 3. The van der Waals surface area contributed by atoms with Crippen LogP contribution in [0.2, 0.25) is 0 Å². The fourth-order valence-electron chi connectivity index (χ4n) is 3.52. The Kier molecular flexibility index (Phi) is 5.38. The molecule has 5 heteroatoms. The quantitative estimate of drug-likeness (QED) is 0.753. The van der Waals surface area contributed by atoms with Gasteiger partial charge >= 0.3 is 0 Å². The Balaban J connectivity index is 1.52. The minimum absolute atomic E-state index is 0.0546. The van der Waals surface area contributed by atoms with Crippen LogP contribution in [-0.4, -0.2) is 57.1 Å². The van der Waals surface area contributed by atoms with Gasteiger partial charge in [0.05, 0.1) is 13.2 Å². The van der Waals surface area contributed by atoms with Crippen LogP contribution in [0.4, 0.5) is 4.39 Å². The van der Waals surface area contributed by atoms with Crippen LogP contribution in [0.1, 0.15) is 19.8 Å². The Bertz CT molecular complexity index is 513. The molecule has 1 aromatic rings. The lowest BCUT2D eigenvalue weighted by Crippen LogP contribution is -2.49. The molecule has 1 aromatic carbocycles. The number of halogens is 1. The molecule has 0 radical (unpaired) electrons. The van der Waals surface area contributed by atoms with Crippen molar-refractivity contribution in [1.82, 2.24) is 4.90 Å². The van der Waals surface area contributed by atoms with E-state index in [4.69, 9.17) is 14.2 Å². The van der Waals surface area contributed by atoms with E-state index in [1.54, 1.807) is 0 Å². The molecule has 2 aliphatic rings. The number of hydrogen-bond donors (Lipinski definition) is 0. The molecule has 2 atom stereocenters. The van der Waals surface area contributed by atoms with E-state index in [2.05, 4.69) is 11.8 Å². The molecule has 0 bridgehead atoms. The third kappa shape index (κ3) is 4.36. The van der Waals surface area contributed by atoms with E-state index in [1.807, 2.05) is 24.3 Å². The highest BCUT2D eigenvalue weighted by Gasteiger charge is 2.33. The fourth-order valence-corrected chi connectivity index (χ4v) is 3.52. The minimum atomic E-state index is -0.410. The monoisotopic (exact) mass is 323 g/mol. The molecule has 0 spiro atoms. The summed E-state index contributed by atoms with van der Waals surface area (Å²) in [5.41, 5.74) is 0.0981. The van der Waals surface area contributed by atoms with Crippen molar-refractivity contribution >= 4 is 0 Å². The van der Waals surface area contributed by atoms with Gasteiger partial charge in [-0.25, -0.2) is 4.39 Å². The normalized spacial score (nSPS) is 27.8. The first-order valence-electron chi connectivity index (χ1n) is 8.43. The van der Waals surface area contributed by atoms with Crippen LogP contribution in [0, 0.1) is 5.41 Å². The lowest BCUT2D eigenvalue weighted by atomic mass is 9.82. The van der Waals surface area contributed by atoms with E-state index in [9.17, 15) is 4.39 Å². The standard InChI is InChI=1S/C18H26FNO3/c1-18(14-21-10-8-19)7-4-9-20(13-18)11-15-12-22-16-5-2-3-6-17(16)23-15/h2-3,5-6,15H,4,7-14H2,1H3/t15-,18-/m0/s1. The van der Waals surface area contributed by atoms with Gasteiger partial charge in [0.1, 0.15) is 19.4 Å². The van der Waals surface area contributed by atoms with E-state index in [0.717, 1.165) is 44.0 Å². The van der Waals surface area contributed by atoms with Gasteiger partial charge in [0, 0.05) is 18.5 Å². The second-order valence-corrected chi connectivity index (χ2v) is 6.89. The second kappa shape index (κ2) is 7.49. The van der Waals surface area contributed by atoms with Crippen LogP contribution in [0.3, 0.4) is 0 Å². The molecule has 4 nitrogen and oxygen atoms in total. The summed E-state index contributed by atoms with van der Waals surface area (Å²) in [7, 11) is 0. The molecule has 2 aliphatic heterocycles. The first-order chi connectivity index (χ1) is 11.2. The smallest absolute Gasteiger partial charge is 0.161 e. The van der Waals surface area contributed by atoms with Crippen molar-refractivity contribution in [2.24, 2.45) is 5.41 Å². The second-order valence-electron chi connectivity index (χ2n) is 6.89. The van der Waals surface area contributed by atoms with Crippen LogP contribution in [-0.2, 0) is 4.74 Å². The highest BCUT2D eigenvalue weighted by atomic mass is 19.1. The third-order valence-electron chi connectivity index (χ3n) is 4.56. The maximum atomic E-state index is 12.2. The van der Waals surface area contributed by atoms with Gasteiger partial charge in [-0.1, -0.05) is 19.1 Å². The first-order valence-corrected chi connectivity index (χ1v) is 8.43. The molecule has 128 valence electrons. The van der Waals surface area contributed by atoms with Gasteiger partial charge in [-0.2, -0.15) is 0 Å². The maximum absolute atomic E-state index is 12.2. The molecule has 23 heavy (non-hydrogen) atoms. The van der Waals surface area contributed by atoms with Gasteiger partial charge in [-0.3, -0.25) is 4.90 Å². The molecule has 0 saturated carbocycles. The van der Waals surface area contributed by atoms with E-state index in [0.29, 0.717) is 13.2 Å². The number of likely N-dealkylation sites (tertiary alicyclic amines) is 1. The van der Waals surface area contributed by atoms with Crippen molar-refractivity contribution in [2.75, 3.05) is 46.1 Å². The minimum Gasteiger partial charge on any atom is -0.486 e. The number of hydrogen-bond acceptors (Lipinski definition) is 4. The van der Waals surface area contributed by atoms with Crippen molar-refractivity contribution in [3.05, 3.63) is 24.3 Å². The average Bonchev–Trinajstić information content (AvgIpc) is 2.55. The van der Waals surface area contributed by atoms with Crippen molar-refractivity contribution < 1.29 is 18.6 Å². The summed E-state index contributed by atoms with van der Waals surface area (Å²) >= 11 is 0. The third-order valence-corrected chi connectivity index (χ3v) is 4.56. The van der Waals surface area contributed by atoms with E-state index < -0.39 is 6.67 Å².